The number of nitriles is 1. The standard InChI is InChI=1S/C16H17NO3/c1-2-20-16(19)15-13(18)9-8-12(10-17)14(15)11-6-4-3-5-7-11/h3-7,12,14-15H,2,8-9H2,1H3/t12-,14-,15-/m0/s1. The van der Waals surface area contributed by atoms with Gasteiger partial charge in [-0.15, -0.1) is 0 Å². The maximum absolute atomic E-state index is 12.1. The Morgan fingerprint density at radius 1 is 1.40 bits per heavy atom. The van der Waals surface area contributed by atoms with Gasteiger partial charge in [-0.05, 0) is 18.9 Å². The number of nitrogens with zero attached hydrogens (tertiary/aromatic N) is 1. The van der Waals surface area contributed by atoms with Gasteiger partial charge < -0.3 is 4.74 Å². The Morgan fingerprint density at radius 3 is 2.70 bits per heavy atom. The van der Waals surface area contributed by atoms with Gasteiger partial charge in [0.2, 0.25) is 0 Å². The van der Waals surface area contributed by atoms with E-state index in [-0.39, 0.29) is 24.7 Å². The molecule has 1 aliphatic rings. The van der Waals surface area contributed by atoms with Crippen LogP contribution in [0.15, 0.2) is 30.3 Å². The molecule has 0 unspecified atom stereocenters. The third-order valence-electron chi connectivity index (χ3n) is 3.73. The topological polar surface area (TPSA) is 67.2 Å². The Bertz CT molecular complexity index is 532. The van der Waals surface area contributed by atoms with Crippen LogP contribution in [0.2, 0.25) is 0 Å². The minimum atomic E-state index is -0.851. The van der Waals surface area contributed by atoms with E-state index in [9.17, 15) is 14.9 Å². The quantitative estimate of drug-likeness (QED) is 0.625. The molecule has 0 aliphatic heterocycles. The second-order valence-corrected chi connectivity index (χ2v) is 4.91. The molecule has 0 heterocycles. The van der Waals surface area contributed by atoms with E-state index < -0.39 is 17.8 Å². The van der Waals surface area contributed by atoms with Crippen LogP contribution in [0.3, 0.4) is 0 Å². The van der Waals surface area contributed by atoms with Crippen molar-refractivity contribution in [2.45, 2.75) is 25.7 Å². The van der Waals surface area contributed by atoms with Gasteiger partial charge in [0.25, 0.3) is 0 Å². The first-order valence-electron chi connectivity index (χ1n) is 6.83. The number of carbonyl (C=O) groups excluding carboxylic acids is 2. The lowest BCUT2D eigenvalue weighted by Crippen LogP contribution is -2.39. The van der Waals surface area contributed by atoms with Crippen LogP contribution in [0.5, 0.6) is 0 Å². The number of ether oxygens (including phenoxy) is 1. The summed E-state index contributed by atoms with van der Waals surface area (Å²) >= 11 is 0. The summed E-state index contributed by atoms with van der Waals surface area (Å²) in [7, 11) is 0. The van der Waals surface area contributed by atoms with Crippen molar-refractivity contribution in [1.29, 1.82) is 5.26 Å². The van der Waals surface area contributed by atoms with E-state index in [4.69, 9.17) is 4.74 Å². The van der Waals surface area contributed by atoms with E-state index in [1.807, 2.05) is 30.3 Å². The maximum atomic E-state index is 12.1. The molecule has 1 aliphatic carbocycles. The highest BCUT2D eigenvalue weighted by Crippen LogP contribution is 2.40. The molecule has 1 fully saturated rings. The average molecular weight is 271 g/mol. The van der Waals surface area contributed by atoms with Gasteiger partial charge in [-0.25, -0.2) is 0 Å². The second kappa shape index (κ2) is 6.33. The fourth-order valence-electron chi connectivity index (χ4n) is 2.82. The summed E-state index contributed by atoms with van der Waals surface area (Å²) in [4.78, 5) is 24.2. The summed E-state index contributed by atoms with van der Waals surface area (Å²) in [5.74, 6) is -2.21. The van der Waals surface area contributed by atoms with Crippen LogP contribution in [0.4, 0.5) is 0 Å². The molecule has 1 aromatic rings. The molecule has 1 saturated carbocycles. The first kappa shape index (κ1) is 14.3. The lowest BCUT2D eigenvalue weighted by atomic mass is 9.68. The average Bonchev–Trinajstić information content (AvgIpc) is 2.48. The highest BCUT2D eigenvalue weighted by Gasteiger charge is 2.44. The predicted octanol–water partition coefficient (Wildman–Crippen LogP) is 2.45. The molecule has 0 radical (unpaired) electrons. The molecule has 0 spiro atoms. The number of ketones is 1. The summed E-state index contributed by atoms with van der Waals surface area (Å²) in [6.07, 6.45) is 0.774. The SMILES string of the molecule is CCOC(=O)[C@H]1C(=O)CC[C@@H](C#N)[C@@H]1c1ccccc1. The normalized spacial score (nSPS) is 25.8. The summed E-state index contributed by atoms with van der Waals surface area (Å²) in [5, 5.41) is 9.33. The van der Waals surface area contributed by atoms with Crippen molar-refractivity contribution in [2.24, 2.45) is 11.8 Å². The largest absolute Gasteiger partial charge is 0.465 e. The van der Waals surface area contributed by atoms with Gasteiger partial charge >= 0.3 is 5.97 Å². The Kier molecular flexibility index (Phi) is 4.52. The summed E-state index contributed by atoms with van der Waals surface area (Å²) in [5.41, 5.74) is 0.852. The number of rotatable bonds is 3. The van der Waals surface area contributed by atoms with Crippen molar-refractivity contribution in [3.8, 4) is 6.07 Å². The minimum absolute atomic E-state index is 0.121. The monoisotopic (exact) mass is 271 g/mol. The van der Waals surface area contributed by atoms with E-state index in [2.05, 4.69) is 6.07 Å². The van der Waals surface area contributed by atoms with E-state index in [0.717, 1.165) is 5.56 Å². The molecule has 0 N–H and O–H groups in total. The molecule has 0 aromatic heterocycles. The van der Waals surface area contributed by atoms with Gasteiger partial charge in [-0.3, -0.25) is 9.59 Å². The zero-order chi connectivity index (χ0) is 14.5. The number of hydrogen-bond acceptors (Lipinski definition) is 4. The number of hydrogen-bond donors (Lipinski definition) is 0. The second-order valence-electron chi connectivity index (χ2n) is 4.91. The minimum Gasteiger partial charge on any atom is -0.465 e. The van der Waals surface area contributed by atoms with Crippen LogP contribution in [-0.4, -0.2) is 18.4 Å². The lowest BCUT2D eigenvalue weighted by Gasteiger charge is -2.32. The van der Waals surface area contributed by atoms with Crippen molar-refractivity contribution in [3.05, 3.63) is 35.9 Å². The van der Waals surface area contributed by atoms with Crippen LogP contribution in [-0.2, 0) is 14.3 Å². The molecule has 20 heavy (non-hydrogen) atoms. The number of esters is 1. The fraction of sp³-hybridized carbons (Fsp3) is 0.438. The maximum Gasteiger partial charge on any atom is 0.317 e. The molecule has 2 rings (SSSR count). The van der Waals surface area contributed by atoms with Gasteiger partial charge in [0.05, 0.1) is 18.6 Å². The smallest absolute Gasteiger partial charge is 0.317 e. The molecule has 4 nitrogen and oxygen atoms in total. The molecule has 0 amide bonds. The van der Waals surface area contributed by atoms with Crippen molar-refractivity contribution in [3.63, 3.8) is 0 Å². The van der Waals surface area contributed by atoms with E-state index >= 15 is 0 Å². The van der Waals surface area contributed by atoms with Crippen molar-refractivity contribution < 1.29 is 14.3 Å². The van der Waals surface area contributed by atoms with Crippen molar-refractivity contribution in [2.75, 3.05) is 6.61 Å². The van der Waals surface area contributed by atoms with E-state index in [1.165, 1.54) is 0 Å². The third kappa shape index (κ3) is 2.72. The van der Waals surface area contributed by atoms with Crippen LogP contribution >= 0.6 is 0 Å². The number of Topliss-reactive ketones (excluding diaryl/α,β-unsaturated/α-hetero) is 1. The first-order valence-corrected chi connectivity index (χ1v) is 6.83. The molecule has 0 saturated heterocycles. The Labute approximate surface area is 118 Å². The van der Waals surface area contributed by atoms with Gasteiger partial charge in [-0.2, -0.15) is 5.26 Å². The van der Waals surface area contributed by atoms with Crippen molar-refractivity contribution >= 4 is 11.8 Å². The molecular formula is C16H17NO3. The third-order valence-corrected chi connectivity index (χ3v) is 3.73. The molecule has 0 bridgehead atoms. The zero-order valence-corrected chi connectivity index (χ0v) is 11.4. The lowest BCUT2D eigenvalue weighted by molar-refractivity contribution is -0.154. The summed E-state index contributed by atoms with van der Waals surface area (Å²) in [6.45, 7) is 1.95. The Balaban J connectivity index is 2.40. The van der Waals surface area contributed by atoms with Crippen LogP contribution in [0.25, 0.3) is 0 Å². The first-order chi connectivity index (χ1) is 9.69. The number of carbonyl (C=O) groups is 2. The van der Waals surface area contributed by atoms with Crippen LogP contribution in [0, 0.1) is 23.2 Å². The molecule has 104 valence electrons. The summed E-state index contributed by atoms with van der Waals surface area (Å²) < 4.78 is 5.03. The Morgan fingerprint density at radius 2 is 2.10 bits per heavy atom. The van der Waals surface area contributed by atoms with Crippen LogP contribution in [0.1, 0.15) is 31.2 Å². The fourth-order valence-corrected chi connectivity index (χ4v) is 2.82. The highest BCUT2D eigenvalue weighted by atomic mass is 16.5. The van der Waals surface area contributed by atoms with Gasteiger partial charge in [0.1, 0.15) is 11.7 Å². The van der Waals surface area contributed by atoms with E-state index in [1.54, 1.807) is 6.92 Å². The summed E-state index contributed by atoms with van der Waals surface area (Å²) in [6, 6.07) is 11.5. The van der Waals surface area contributed by atoms with Gasteiger partial charge in [0, 0.05) is 12.3 Å². The van der Waals surface area contributed by atoms with Crippen LogP contribution < -0.4 is 0 Å². The number of benzene rings is 1. The molecular weight excluding hydrogens is 254 g/mol. The molecule has 3 atom stereocenters. The van der Waals surface area contributed by atoms with Gasteiger partial charge in [-0.1, -0.05) is 30.3 Å². The van der Waals surface area contributed by atoms with E-state index in [0.29, 0.717) is 6.42 Å². The highest BCUT2D eigenvalue weighted by molar-refractivity contribution is 6.00. The van der Waals surface area contributed by atoms with Gasteiger partial charge in [0.15, 0.2) is 0 Å². The zero-order valence-electron chi connectivity index (χ0n) is 11.4. The van der Waals surface area contributed by atoms with Crippen molar-refractivity contribution in [1.82, 2.24) is 0 Å². The predicted molar refractivity (Wildman–Crippen MR) is 72.7 cm³/mol. The molecule has 1 aromatic carbocycles. The Hall–Kier alpha value is -2.15. The molecule has 4 heteroatoms.